The third-order valence-electron chi connectivity index (χ3n) is 3.39. The highest BCUT2D eigenvalue weighted by molar-refractivity contribution is 5.84. The number of nitrogens with zero attached hydrogens (tertiary/aromatic N) is 1. The molecule has 23 heavy (non-hydrogen) atoms. The highest BCUT2D eigenvalue weighted by atomic mass is 16.5. The van der Waals surface area contributed by atoms with Gasteiger partial charge in [0.05, 0.1) is 19.8 Å². The predicted octanol–water partition coefficient (Wildman–Crippen LogP) is 1.17. The van der Waals surface area contributed by atoms with E-state index >= 15 is 0 Å². The molecule has 1 aliphatic heterocycles. The van der Waals surface area contributed by atoms with Crippen LogP contribution >= 0.6 is 0 Å². The van der Waals surface area contributed by atoms with Gasteiger partial charge in [0.25, 0.3) is 5.91 Å². The normalized spacial score (nSPS) is 17.6. The molecule has 7 nitrogen and oxygen atoms in total. The van der Waals surface area contributed by atoms with Crippen molar-refractivity contribution in [2.75, 3.05) is 33.0 Å². The number of morpholine rings is 1. The van der Waals surface area contributed by atoms with E-state index < -0.39 is 12.0 Å². The van der Waals surface area contributed by atoms with Crippen molar-refractivity contribution >= 4 is 11.9 Å². The average Bonchev–Trinajstić information content (AvgIpc) is 2.58. The maximum Gasteiger partial charge on any atom is 0.328 e. The van der Waals surface area contributed by atoms with Crippen molar-refractivity contribution in [3.63, 3.8) is 0 Å². The summed E-state index contributed by atoms with van der Waals surface area (Å²) < 4.78 is 16.0. The molecule has 0 saturated carbocycles. The number of rotatable bonds is 7. The third kappa shape index (κ3) is 4.85. The zero-order chi connectivity index (χ0) is 16.7. The summed E-state index contributed by atoms with van der Waals surface area (Å²) in [6.45, 7) is 3.05. The molecule has 1 aromatic carbocycles. The summed E-state index contributed by atoms with van der Waals surface area (Å²) in [6, 6.07) is 6.01. The molecule has 0 aromatic heterocycles. The van der Waals surface area contributed by atoms with E-state index in [1.165, 1.54) is 4.90 Å². The standard InChI is InChI=1S/C16H21NO6/c1-2-8-22-12-3-5-13(6-4-12)23-11-15(18)17-7-9-21-10-14(17)16(19)20/h3-6,14H,2,7-11H2,1H3,(H,19,20). The molecule has 7 heteroatoms. The predicted molar refractivity (Wildman–Crippen MR) is 81.7 cm³/mol. The Bertz CT molecular complexity index is 530. The molecular formula is C16H21NO6. The van der Waals surface area contributed by atoms with Crippen LogP contribution in [0.4, 0.5) is 0 Å². The zero-order valence-corrected chi connectivity index (χ0v) is 13.1. The minimum absolute atomic E-state index is 0.00450. The first-order chi connectivity index (χ1) is 11.1. The first-order valence-electron chi connectivity index (χ1n) is 7.57. The molecule has 0 bridgehead atoms. The number of carboxylic acid groups (broad SMARTS) is 1. The largest absolute Gasteiger partial charge is 0.494 e. The molecule has 1 saturated heterocycles. The fourth-order valence-electron chi connectivity index (χ4n) is 2.19. The quantitative estimate of drug-likeness (QED) is 0.810. The van der Waals surface area contributed by atoms with Crippen LogP contribution < -0.4 is 9.47 Å². The van der Waals surface area contributed by atoms with E-state index in [9.17, 15) is 9.59 Å². The minimum atomic E-state index is -1.07. The summed E-state index contributed by atoms with van der Waals surface area (Å²) in [6.07, 6.45) is 0.928. The Balaban J connectivity index is 1.86. The smallest absolute Gasteiger partial charge is 0.328 e. The van der Waals surface area contributed by atoms with E-state index in [1.807, 2.05) is 6.92 Å². The van der Waals surface area contributed by atoms with E-state index in [-0.39, 0.29) is 25.7 Å². The van der Waals surface area contributed by atoms with Gasteiger partial charge in [-0.1, -0.05) is 6.92 Å². The van der Waals surface area contributed by atoms with Gasteiger partial charge >= 0.3 is 5.97 Å². The van der Waals surface area contributed by atoms with E-state index in [0.29, 0.717) is 19.0 Å². The first kappa shape index (κ1) is 17.1. The van der Waals surface area contributed by atoms with Crippen LogP contribution in [0.2, 0.25) is 0 Å². The molecule has 1 atom stereocenters. The summed E-state index contributed by atoms with van der Waals surface area (Å²) in [7, 11) is 0. The lowest BCUT2D eigenvalue weighted by Gasteiger charge is -2.32. The molecule has 1 N–H and O–H groups in total. The molecule has 1 fully saturated rings. The van der Waals surface area contributed by atoms with Crippen LogP contribution in [-0.2, 0) is 14.3 Å². The average molecular weight is 323 g/mol. The van der Waals surface area contributed by atoms with Crippen molar-refractivity contribution in [3.05, 3.63) is 24.3 Å². The van der Waals surface area contributed by atoms with Gasteiger partial charge in [-0.25, -0.2) is 4.79 Å². The maximum absolute atomic E-state index is 12.2. The lowest BCUT2D eigenvalue weighted by atomic mass is 10.2. The Morgan fingerprint density at radius 2 is 1.91 bits per heavy atom. The van der Waals surface area contributed by atoms with Gasteiger partial charge in [-0.3, -0.25) is 4.79 Å². The van der Waals surface area contributed by atoms with Gasteiger partial charge < -0.3 is 24.2 Å². The lowest BCUT2D eigenvalue weighted by molar-refractivity contribution is -0.159. The van der Waals surface area contributed by atoms with Crippen molar-refractivity contribution in [2.24, 2.45) is 0 Å². The summed E-state index contributed by atoms with van der Waals surface area (Å²) in [4.78, 5) is 24.6. The second-order valence-corrected chi connectivity index (χ2v) is 5.12. The maximum atomic E-state index is 12.2. The molecule has 0 spiro atoms. The first-order valence-corrected chi connectivity index (χ1v) is 7.57. The molecule has 1 aromatic rings. The summed E-state index contributed by atoms with van der Waals surface area (Å²) in [5.41, 5.74) is 0. The Morgan fingerprint density at radius 1 is 1.26 bits per heavy atom. The molecule has 1 aliphatic rings. The van der Waals surface area contributed by atoms with Crippen LogP contribution in [-0.4, -0.2) is 60.9 Å². The number of benzene rings is 1. The summed E-state index contributed by atoms with van der Waals surface area (Å²) >= 11 is 0. The summed E-state index contributed by atoms with van der Waals surface area (Å²) in [5, 5.41) is 9.12. The van der Waals surface area contributed by atoms with Crippen LogP contribution in [0.5, 0.6) is 11.5 Å². The van der Waals surface area contributed by atoms with Crippen molar-refractivity contribution < 1.29 is 28.9 Å². The molecule has 2 rings (SSSR count). The fourth-order valence-corrected chi connectivity index (χ4v) is 2.19. The fraction of sp³-hybridized carbons (Fsp3) is 0.500. The molecular weight excluding hydrogens is 302 g/mol. The number of hydrogen-bond acceptors (Lipinski definition) is 5. The van der Waals surface area contributed by atoms with Gasteiger partial charge in [0.1, 0.15) is 11.5 Å². The van der Waals surface area contributed by atoms with Crippen LogP contribution in [0.1, 0.15) is 13.3 Å². The summed E-state index contributed by atoms with van der Waals surface area (Å²) in [5.74, 6) is -0.172. The zero-order valence-electron chi connectivity index (χ0n) is 13.1. The van der Waals surface area contributed by atoms with Gasteiger partial charge in [0.2, 0.25) is 0 Å². The number of aliphatic carboxylic acids is 1. The van der Waals surface area contributed by atoms with Crippen molar-refractivity contribution in [1.29, 1.82) is 0 Å². The van der Waals surface area contributed by atoms with E-state index in [2.05, 4.69) is 0 Å². The van der Waals surface area contributed by atoms with Gasteiger partial charge in [-0.2, -0.15) is 0 Å². The topological polar surface area (TPSA) is 85.3 Å². The monoisotopic (exact) mass is 323 g/mol. The highest BCUT2D eigenvalue weighted by Crippen LogP contribution is 2.18. The molecule has 126 valence electrons. The molecule has 0 aliphatic carbocycles. The van der Waals surface area contributed by atoms with Gasteiger partial charge in [0, 0.05) is 6.54 Å². The van der Waals surface area contributed by atoms with Crippen molar-refractivity contribution in [2.45, 2.75) is 19.4 Å². The van der Waals surface area contributed by atoms with Gasteiger partial charge in [-0.15, -0.1) is 0 Å². The van der Waals surface area contributed by atoms with Crippen molar-refractivity contribution in [3.8, 4) is 11.5 Å². The van der Waals surface area contributed by atoms with E-state index in [4.69, 9.17) is 19.3 Å². The Kier molecular flexibility index (Phi) is 6.22. The van der Waals surface area contributed by atoms with Gasteiger partial charge in [-0.05, 0) is 30.7 Å². The number of hydrogen-bond donors (Lipinski definition) is 1. The van der Waals surface area contributed by atoms with Crippen LogP contribution in [0.15, 0.2) is 24.3 Å². The number of carbonyl (C=O) groups is 2. The Hall–Kier alpha value is -2.28. The van der Waals surface area contributed by atoms with E-state index in [0.717, 1.165) is 12.2 Å². The Morgan fingerprint density at radius 3 is 2.52 bits per heavy atom. The molecule has 1 heterocycles. The second kappa shape index (κ2) is 8.38. The molecule has 0 radical (unpaired) electrons. The van der Waals surface area contributed by atoms with Crippen LogP contribution in [0.3, 0.4) is 0 Å². The number of ether oxygens (including phenoxy) is 3. The van der Waals surface area contributed by atoms with Gasteiger partial charge in [0.15, 0.2) is 12.6 Å². The van der Waals surface area contributed by atoms with Crippen LogP contribution in [0, 0.1) is 0 Å². The molecule has 1 amide bonds. The lowest BCUT2D eigenvalue weighted by Crippen LogP contribution is -2.53. The third-order valence-corrected chi connectivity index (χ3v) is 3.39. The molecule has 1 unspecified atom stereocenters. The SMILES string of the molecule is CCCOc1ccc(OCC(=O)N2CCOCC2C(=O)O)cc1. The second-order valence-electron chi connectivity index (χ2n) is 5.12. The minimum Gasteiger partial charge on any atom is -0.494 e. The number of carbonyl (C=O) groups excluding carboxylic acids is 1. The number of carboxylic acids is 1. The van der Waals surface area contributed by atoms with E-state index in [1.54, 1.807) is 24.3 Å². The number of amides is 1. The van der Waals surface area contributed by atoms with Crippen LogP contribution in [0.25, 0.3) is 0 Å². The van der Waals surface area contributed by atoms with Crippen molar-refractivity contribution in [1.82, 2.24) is 4.90 Å². The highest BCUT2D eigenvalue weighted by Gasteiger charge is 2.32. The Labute approximate surface area is 134 Å².